The Morgan fingerprint density at radius 1 is 1.38 bits per heavy atom. The Morgan fingerprint density at radius 2 is 2.14 bits per heavy atom. The summed E-state index contributed by atoms with van der Waals surface area (Å²) in [6.07, 6.45) is -1.83. The molecule has 3 nitrogen and oxygen atoms in total. The summed E-state index contributed by atoms with van der Waals surface area (Å²) in [6.45, 7) is 2.45. The summed E-state index contributed by atoms with van der Waals surface area (Å²) in [5, 5.41) is 12.7. The highest BCUT2D eigenvalue weighted by Gasteiger charge is 2.33. The molecule has 110 valence electrons. The summed E-state index contributed by atoms with van der Waals surface area (Å²) in [6, 6.07) is 5.02. The van der Waals surface area contributed by atoms with Gasteiger partial charge in [-0.2, -0.15) is 18.4 Å². The number of thiazole rings is 1. The molecule has 0 spiro atoms. The van der Waals surface area contributed by atoms with Crippen molar-refractivity contribution >= 4 is 17.0 Å². The fraction of sp³-hybridized carbons (Fsp3) is 0.286. The molecule has 0 unspecified atom stereocenters. The molecule has 2 rings (SSSR count). The topological polar surface area (TPSA) is 48.7 Å². The first-order chi connectivity index (χ1) is 9.94. The van der Waals surface area contributed by atoms with Crippen molar-refractivity contribution in [3.05, 3.63) is 45.4 Å². The standard InChI is InChI=1S/C14H12F3N3S/c1-2-11-7-20-13(21-11)8-19-10-3-4-12(14(15,16)17)9(5-10)6-18/h3-5,7,19H,2,8H2,1H3. The number of nitrogens with one attached hydrogen (secondary N) is 1. The third-order valence-corrected chi connectivity index (χ3v) is 3.98. The highest BCUT2D eigenvalue weighted by atomic mass is 32.1. The maximum atomic E-state index is 12.7. The Morgan fingerprint density at radius 3 is 2.71 bits per heavy atom. The highest BCUT2D eigenvalue weighted by molar-refractivity contribution is 7.11. The molecule has 0 aliphatic rings. The van der Waals surface area contributed by atoms with Crippen LogP contribution in [0.1, 0.15) is 27.9 Å². The lowest BCUT2D eigenvalue weighted by molar-refractivity contribution is -0.137. The van der Waals surface area contributed by atoms with Gasteiger partial charge in [0.05, 0.1) is 23.7 Å². The van der Waals surface area contributed by atoms with Crippen LogP contribution in [-0.2, 0) is 19.1 Å². The molecule has 0 bridgehead atoms. The number of rotatable bonds is 4. The van der Waals surface area contributed by atoms with Gasteiger partial charge in [0.15, 0.2) is 0 Å². The summed E-state index contributed by atoms with van der Waals surface area (Å²) in [4.78, 5) is 5.36. The Kier molecular flexibility index (Phi) is 4.48. The van der Waals surface area contributed by atoms with E-state index in [4.69, 9.17) is 5.26 Å². The fourth-order valence-corrected chi connectivity index (χ4v) is 2.57. The van der Waals surface area contributed by atoms with Gasteiger partial charge in [0.2, 0.25) is 0 Å². The molecule has 0 aliphatic carbocycles. The molecule has 2 aromatic rings. The fourth-order valence-electron chi connectivity index (χ4n) is 1.76. The van der Waals surface area contributed by atoms with E-state index in [2.05, 4.69) is 10.3 Å². The van der Waals surface area contributed by atoms with E-state index in [1.807, 2.05) is 6.92 Å². The Bertz CT molecular complexity index is 671. The zero-order chi connectivity index (χ0) is 15.5. The van der Waals surface area contributed by atoms with E-state index < -0.39 is 11.7 Å². The van der Waals surface area contributed by atoms with E-state index in [9.17, 15) is 13.2 Å². The summed E-state index contributed by atoms with van der Waals surface area (Å²) < 4.78 is 38.0. The lowest BCUT2D eigenvalue weighted by Gasteiger charge is -2.11. The first kappa shape index (κ1) is 15.3. The minimum atomic E-state index is -4.52. The van der Waals surface area contributed by atoms with Crippen LogP contribution in [0.4, 0.5) is 18.9 Å². The van der Waals surface area contributed by atoms with Crippen LogP contribution in [0, 0.1) is 11.3 Å². The number of anilines is 1. The number of hydrogen-bond acceptors (Lipinski definition) is 4. The minimum Gasteiger partial charge on any atom is -0.378 e. The molecule has 1 aromatic heterocycles. The van der Waals surface area contributed by atoms with Gasteiger partial charge in [-0.1, -0.05) is 6.92 Å². The van der Waals surface area contributed by atoms with Crippen molar-refractivity contribution in [2.45, 2.75) is 26.1 Å². The van der Waals surface area contributed by atoms with Crippen LogP contribution in [0.5, 0.6) is 0 Å². The van der Waals surface area contributed by atoms with Crippen molar-refractivity contribution in [2.24, 2.45) is 0 Å². The number of nitrogens with zero attached hydrogens (tertiary/aromatic N) is 2. The second-order valence-electron chi connectivity index (χ2n) is 4.30. The molecule has 21 heavy (non-hydrogen) atoms. The van der Waals surface area contributed by atoms with E-state index in [1.54, 1.807) is 23.6 Å². The van der Waals surface area contributed by atoms with Crippen molar-refractivity contribution in [2.75, 3.05) is 5.32 Å². The molecule has 7 heteroatoms. The number of aromatic nitrogens is 1. The van der Waals surface area contributed by atoms with Gasteiger partial charge in [-0.15, -0.1) is 11.3 Å². The summed E-state index contributed by atoms with van der Waals surface area (Å²) >= 11 is 1.55. The van der Waals surface area contributed by atoms with Crippen molar-refractivity contribution in [3.8, 4) is 6.07 Å². The number of benzene rings is 1. The molecule has 0 aliphatic heterocycles. The molecule has 0 saturated heterocycles. The predicted octanol–water partition coefficient (Wildman–Crippen LogP) is 4.21. The molecule has 1 N–H and O–H groups in total. The second kappa shape index (κ2) is 6.14. The number of aryl methyl sites for hydroxylation is 1. The molecule has 0 saturated carbocycles. The van der Waals surface area contributed by atoms with E-state index in [0.29, 0.717) is 12.2 Å². The molecule has 0 atom stereocenters. The first-order valence-electron chi connectivity index (χ1n) is 6.23. The van der Waals surface area contributed by atoms with Gasteiger partial charge in [-0.3, -0.25) is 0 Å². The SMILES string of the molecule is CCc1cnc(CNc2ccc(C(F)(F)F)c(C#N)c2)s1. The van der Waals surface area contributed by atoms with Crippen LogP contribution in [0.3, 0.4) is 0 Å². The average molecular weight is 311 g/mol. The zero-order valence-corrected chi connectivity index (χ0v) is 12.0. The van der Waals surface area contributed by atoms with Crippen LogP contribution in [0.2, 0.25) is 0 Å². The van der Waals surface area contributed by atoms with Crippen molar-refractivity contribution < 1.29 is 13.2 Å². The maximum absolute atomic E-state index is 12.7. The Hall–Kier alpha value is -2.07. The second-order valence-corrected chi connectivity index (χ2v) is 5.50. The van der Waals surface area contributed by atoms with Gasteiger partial charge < -0.3 is 5.32 Å². The van der Waals surface area contributed by atoms with Crippen LogP contribution < -0.4 is 5.32 Å². The molecule has 0 radical (unpaired) electrons. The van der Waals surface area contributed by atoms with E-state index in [-0.39, 0.29) is 5.56 Å². The quantitative estimate of drug-likeness (QED) is 0.920. The molecule has 0 fully saturated rings. The van der Waals surface area contributed by atoms with Gasteiger partial charge >= 0.3 is 6.18 Å². The van der Waals surface area contributed by atoms with Crippen LogP contribution in [0.15, 0.2) is 24.4 Å². The molecule has 1 aromatic carbocycles. The molecular formula is C14H12F3N3S. The minimum absolute atomic E-state index is 0.388. The van der Waals surface area contributed by atoms with E-state index in [0.717, 1.165) is 22.4 Å². The predicted molar refractivity (Wildman–Crippen MR) is 75.0 cm³/mol. The van der Waals surface area contributed by atoms with Crippen molar-refractivity contribution in [3.63, 3.8) is 0 Å². The van der Waals surface area contributed by atoms with Crippen LogP contribution in [-0.4, -0.2) is 4.98 Å². The number of halogens is 3. The summed E-state index contributed by atoms with van der Waals surface area (Å²) in [5.74, 6) is 0. The van der Waals surface area contributed by atoms with Gasteiger partial charge in [0.25, 0.3) is 0 Å². The highest BCUT2D eigenvalue weighted by Crippen LogP contribution is 2.33. The first-order valence-corrected chi connectivity index (χ1v) is 7.04. The number of nitriles is 1. The van der Waals surface area contributed by atoms with E-state index in [1.165, 1.54) is 12.1 Å². The van der Waals surface area contributed by atoms with Crippen LogP contribution in [0.25, 0.3) is 0 Å². The van der Waals surface area contributed by atoms with Gasteiger partial charge in [-0.25, -0.2) is 4.98 Å². The van der Waals surface area contributed by atoms with Gasteiger partial charge in [0.1, 0.15) is 5.01 Å². The Balaban J connectivity index is 2.13. The Labute approximate surface area is 124 Å². The lowest BCUT2D eigenvalue weighted by Crippen LogP contribution is -2.08. The normalized spacial score (nSPS) is 11.2. The zero-order valence-electron chi connectivity index (χ0n) is 11.2. The molecule has 1 heterocycles. The smallest absolute Gasteiger partial charge is 0.378 e. The monoisotopic (exact) mass is 311 g/mol. The third kappa shape index (κ3) is 3.73. The largest absolute Gasteiger partial charge is 0.417 e. The average Bonchev–Trinajstić information content (AvgIpc) is 2.91. The molecule has 0 amide bonds. The lowest BCUT2D eigenvalue weighted by atomic mass is 10.1. The van der Waals surface area contributed by atoms with Crippen LogP contribution >= 0.6 is 11.3 Å². The number of hydrogen-bond donors (Lipinski definition) is 1. The third-order valence-electron chi connectivity index (χ3n) is 2.84. The van der Waals surface area contributed by atoms with Crippen molar-refractivity contribution in [1.82, 2.24) is 4.98 Å². The summed E-state index contributed by atoms with van der Waals surface area (Å²) in [7, 11) is 0. The summed E-state index contributed by atoms with van der Waals surface area (Å²) in [5.41, 5.74) is -0.841. The van der Waals surface area contributed by atoms with E-state index >= 15 is 0 Å². The maximum Gasteiger partial charge on any atom is 0.417 e. The molecular weight excluding hydrogens is 299 g/mol. The van der Waals surface area contributed by atoms with Gasteiger partial charge in [0, 0.05) is 16.8 Å². The van der Waals surface area contributed by atoms with Crippen molar-refractivity contribution in [1.29, 1.82) is 5.26 Å². The van der Waals surface area contributed by atoms with Gasteiger partial charge in [-0.05, 0) is 24.6 Å². The number of alkyl halides is 3.